The van der Waals surface area contributed by atoms with E-state index in [-0.39, 0.29) is 5.56 Å². The Morgan fingerprint density at radius 3 is 2.71 bits per heavy atom. The van der Waals surface area contributed by atoms with E-state index >= 15 is 0 Å². The Bertz CT molecular complexity index is 684. The van der Waals surface area contributed by atoms with E-state index in [9.17, 15) is 4.79 Å². The first kappa shape index (κ1) is 9.98. The summed E-state index contributed by atoms with van der Waals surface area (Å²) in [5.41, 5.74) is 1.11. The molecule has 0 spiro atoms. The number of hydrogen-bond donors (Lipinski definition) is 1. The van der Waals surface area contributed by atoms with Crippen molar-refractivity contribution >= 4 is 22.3 Å². The first-order valence-electron chi connectivity index (χ1n) is 4.87. The van der Waals surface area contributed by atoms with E-state index in [1.165, 1.54) is 11.3 Å². The van der Waals surface area contributed by atoms with Crippen LogP contribution in [0.3, 0.4) is 0 Å². The van der Waals surface area contributed by atoms with Gasteiger partial charge in [-0.1, -0.05) is 12.1 Å². The summed E-state index contributed by atoms with van der Waals surface area (Å²) in [5.74, 6) is -0.211. The number of rotatable bonds is 2. The Balaban J connectivity index is 2.10. The molecule has 0 unspecified atom stereocenters. The van der Waals surface area contributed by atoms with Gasteiger partial charge in [0.1, 0.15) is 0 Å². The summed E-state index contributed by atoms with van der Waals surface area (Å²) in [5, 5.41) is 18.8. The molecule has 6 heteroatoms. The van der Waals surface area contributed by atoms with Crippen molar-refractivity contribution in [2.45, 2.75) is 0 Å². The number of nitrogens with zero attached hydrogens (tertiary/aromatic N) is 3. The van der Waals surface area contributed by atoms with Gasteiger partial charge < -0.3 is 5.11 Å². The van der Waals surface area contributed by atoms with Crippen LogP contribution < -0.4 is 0 Å². The van der Waals surface area contributed by atoms with Crippen molar-refractivity contribution in [2.75, 3.05) is 0 Å². The van der Waals surface area contributed by atoms with Crippen LogP contribution >= 0.6 is 11.3 Å². The van der Waals surface area contributed by atoms with Crippen LogP contribution in [0.25, 0.3) is 16.3 Å². The Hall–Kier alpha value is -2.21. The van der Waals surface area contributed by atoms with Crippen LogP contribution in [0.15, 0.2) is 35.8 Å². The van der Waals surface area contributed by atoms with Crippen molar-refractivity contribution in [1.82, 2.24) is 14.6 Å². The molecule has 84 valence electrons. The van der Waals surface area contributed by atoms with Crippen molar-refractivity contribution in [3.8, 4) is 11.4 Å². The fourth-order valence-corrected chi connectivity index (χ4v) is 2.26. The molecule has 2 heterocycles. The Morgan fingerprint density at radius 1 is 1.24 bits per heavy atom. The van der Waals surface area contributed by atoms with Gasteiger partial charge >= 0.3 is 5.97 Å². The van der Waals surface area contributed by atoms with Gasteiger partial charge in [0.15, 0.2) is 5.82 Å². The number of fused-ring (bicyclic) bond motifs is 1. The van der Waals surface area contributed by atoms with Gasteiger partial charge in [0.05, 0.1) is 5.56 Å². The molecule has 3 aromatic rings. The Labute approximate surface area is 100.0 Å². The molecule has 0 radical (unpaired) electrons. The Morgan fingerprint density at radius 2 is 2.00 bits per heavy atom. The molecule has 3 rings (SSSR count). The van der Waals surface area contributed by atoms with Crippen LogP contribution in [0.1, 0.15) is 10.4 Å². The predicted octanol–water partition coefficient (Wildman–Crippen LogP) is 2.16. The molecular weight excluding hydrogens is 238 g/mol. The number of thiazole rings is 1. The summed E-state index contributed by atoms with van der Waals surface area (Å²) in [4.78, 5) is 11.6. The minimum absolute atomic E-state index is 0.264. The maximum atomic E-state index is 10.7. The number of benzene rings is 1. The van der Waals surface area contributed by atoms with Crippen molar-refractivity contribution in [3.05, 3.63) is 41.4 Å². The second-order valence-corrected chi connectivity index (χ2v) is 4.33. The van der Waals surface area contributed by atoms with Gasteiger partial charge in [0, 0.05) is 17.1 Å². The second kappa shape index (κ2) is 3.67. The highest BCUT2D eigenvalue weighted by Crippen LogP contribution is 2.21. The number of carboxylic acids is 1. The highest BCUT2D eigenvalue weighted by atomic mass is 32.1. The largest absolute Gasteiger partial charge is 0.478 e. The van der Waals surface area contributed by atoms with E-state index in [0.717, 1.165) is 16.3 Å². The number of carbonyl (C=O) groups is 1. The van der Waals surface area contributed by atoms with Crippen molar-refractivity contribution in [3.63, 3.8) is 0 Å². The third-order valence-electron chi connectivity index (χ3n) is 2.44. The lowest BCUT2D eigenvalue weighted by Gasteiger charge is -1.98. The molecule has 0 amide bonds. The zero-order chi connectivity index (χ0) is 11.8. The molecule has 0 bridgehead atoms. The van der Waals surface area contributed by atoms with Gasteiger partial charge in [-0.15, -0.1) is 21.5 Å². The standard InChI is InChI=1S/C11H7N3O2S/c15-10(16)8-3-1-7(2-4-8)9-12-13-11-14(9)5-6-17-11/h1-6H,(H,15,16). The number of carboxylic acid groups (broad SMARTS) is 1. The van der Waals surface area contributed by atoms with Gasteiger partial charge in [-0.05, 0) is 12.1 Å². The van der Waals surface area contributed by atoms with Gasteiger partial charge in [-0.2, -0.15) is 0 Å². The van der Waals surface area contributed by atoms with Crippen LogP contribution in [0.4, 0.5) is 0 Å². The van der Waals surface area contributed by atoms with Crippen LogP contribution in [0.5, 0.6) is 0 Å². The van der Waals surface area contributed by atoms with Crippen LogP contribution in [-0.2, 0) is 0 Å². The quantitative estimate of drug-likeness (QED) is 0.751. The summed E-state index contributed by atoms with van der Waals surface area (Å²) in [7, 11) is 0. The maximum absolute atomic E-state index is 10.7. The SMILES string of the molecule is O=C(O)c1ccc(-c2nnc3sccn23)cc1. The lowest BCUT2D eigenvalue weighted by molar-refractivity contribution is 0.0697. The zero-order valence-electron chi connectivity index (χ0n) is 8.57. The molecule has 0 aliphatic rings. The summed E-state index contributed by atoms with van der Waals surface area (Å²) in [6.07, 6.45) is 1.89. The average Bonchev–Trinajstić information content (AvgIpc) is 2.90. The maximum Gasteiger partial charge on any atom is 0.335 e. The van der Waals surface area contributed by atoms with E-state index in [1.54, 1.807) is 24.3 Å². The molecule has 0 aliphatic carbocycles. The van der Waals surface area contributed by atoms with Crippen LogP contribution in [0, 0.1) is 0 Å². The monoisotopic (exact) mass is 245 g/mol. The van der Waals surface area contributed by atoms with Gasteiger partial charge in [0.2, 0.25) is 4.96 Å². The van der Waals surface area contributed by atoms with Crippen molar-refractivity contribution in [1.29, 1.82) is 0 Å². The molecule has 0 aliphatic heterocycles. The van der Waals surface area contributed by atoms with Gasteiger partial charge in [-0.25, -0.2) is 4.79 Å². The molecule has 0 atom stereocenters. The van der Waals surface area contributed by atoms with Crippen LogP contribution in [-0.4, -0.2) is 25.7 Å². The molecule has 0 fully saturated rings. The zero-order valence-corrected chi connectivity index (χ0v) is 9.39. The third kappa shape index (κ3) is 1.58. The van der Waals surface area contributed by atoms with E-state index in [1.807, 2.05) is 16.0 Å². The third-order valence-corrected chi connectivity index (χ3v) is 3.18. The Kier molecular flexibility index (Phi) is 2.15. The highest BCUT2D eigenvalue weighted by molar-refractivity contribution is 7.15. The molecular formula is C11H7N3O2S. The fourth-order valence-electron chi connectivity index (χ4n) is 1.60. The van der Waals surface area contributed by atoms with Crippen molar-refractivity contribution < 1.29 is 9.90 Å². The minimum Gasteiger partial charge on any atom is -0.478 e. The normalized spacial score (nSPS) is 10.8. The number of aromatic nitrogens is 3. The minimum atomic E-state index is -0.932. The van der Waals surface area contributed by atoms with E-state index in [2.05, 4.69) is 10.2 Å². The summed E-state index contributed by atoms with van der Waals surface area (Å²) < 4.78 is 1.88. The number of hydrogen-bond acceptors (Lipinski definition) is 4. The first-order valence-corrected chi connectivity index (χ1v) is 5.75. The van der Waals surface area contributed by atoms with Crippen molar-refractivity contribution in [2.24, 2.45) is 0 Å². The molecule has 1 N–H and O–H groups in total. The molecule has 0 saturated heterocycles. The molecule has 17 heavy (non-hydrogen) atoms. The van der Waals surface area contributed by atoms with Gasteiger partial charge in [-0.3, -0.25) is 4.40 Å². The predicted molar refractivity (Wildman–Crippen MR) is 63.3 cm³/mol. The average molecular weight is 245 g/mol. The number of aromatic carboxylic acids is 1. The lowest BCUT2D eigenvalue weighted by atomic mass is 10.1. The van der Waals surface area contributed by atoms with E-state index in [4.69, 9.17) is 5.11 Å². The van der Waals surface area contributed by atoms with Crippen LogP contribution in [0.2, 0.25) is 0 Å². The molecule has 2 aromatic heterocycles. The lowest BCUT2D eigenvalue weighted by Crippen LogP contribution is -1.95. The summed E-state index contributed by atoms with van der Waals surface area (Å²) in [6.45, 7) is 0. The molecule has 0 saturated carbocycles. The topological polar surface area (TPSA) is 67.5 Å². The fraction of sp³-hybridized carbons (Fsp3) is 0. The molecule has 5 nitrogen and oxygen atoms in total. The summed E-state index contributed by atoms with van der Waals surface area (Å²) in [6, 6.07) is 6.59. The van der Waals surface area contributed by atoms with E-state index < -0.39 is 5.97 Å². The highest BCUT2D eigenvalue weighted by Gasteiger charge is 2.09. The smallest absolute Gasteiger partial charge is 0.335 e. The molecule has 1 aromatic carbocycles. The first-order chi connectivity index (χ1) is 8.25. The second-order valence-electron chi connectivity index (χ2n) is 3.46. The van der Waals surface area contributed by atoms with Gasteiger partial charge in [0.25, 0.3) is 0 Å². The van der Waals surface area contributed by atoms with E-state index in [0.29, 0.717) is 0 Å². The summed E-state index contributed by atoms with van der Waals surface area (Å²) >= 11 is 1.51.